The van der Waals surface area contributed by atoms with E-state index in [0.717, 1.165) is 28.0 Å². The van der Waals surface area contributed by atoms with Crippen LogP contribution in [0, 0.1) is 5.92 Å². The highest BCUT2D eigenvalue weighted by Gasteiger charge is 2.36. The number of nitrogens with one attached hydrogen (secondary N) is 3. The number of anilines is 1. The number of rotatable bonds is 23. The van der Waals surface area contributed by atoms with E-state index in [2.05, 4.69) is 16.0 Å². The number of carbonyl (C=O) groups excluding carboxylic acids is 7. The number of amides is 7. The minimum atomic E-state index is -0.921. The van der Waals surface area contributed by atoms with Crippen molar-refractivity contribution in [2.45, 2.75) is 103 Å². The molecule has 20 heteroatoms. The fraction of sp³-hybridized carbons (Fsp3) is 0.383. The van der Waals surface area contributed by atoms with E-state index in [1.54, 1.807) is 86.5 Å². The minimum absolute atomic E-state index is 0.158. The summed E-state index contributed by atoms with van der Waals surface area (Å²) in [7, 11) is 4.65. The lowest BCUT2D eigenvalue weighted by atomic mass is 10.0. The fourth-order valence-electron chi connectivity index (χ4n) is 10.1. The molecule has 418 valence electrons. The van der Waals surface area contributed by atoms with Gasteiger partial charge in [-0.3, -0.25) is 48.4 Å². The van der Waals surface area contributed by atoms with Crippen LogP contribution in [0.5, 0.6) is 28.7 Å². The predicted molar refractivity (Wildman–Crippen MR) is 300 cm³/mol. The van der Waals surface area contributed by atoms with E-state index in [0.29, 0.717) is 96.3 Å². The standard InChI is InChI=1S/C60H66N8O12/c1-35(2)56(65-53(69)11-8-7-9-22-66-54(70)20-21-55(66)71)58(73)63-36(3)57(72)64-41-16-12-37(13-17-41)39-25-42-31-61-47-29-51(49(77-5)27-45(47)59(74)67(42)33-39)79-23-10-24-80-52-30-48-46(28-50(52)78-6)60(75)68-34-40(26-43(68)32-62-48)38-14-18-44(76-4)19-15-38/h12-19,27-36,42-43,56H,7-11,20-26H2,1-6H3,(H,63,73)(H,64,72)(H,65,69)/t36-,42-,43?,56-/m0/s1. The third kappa shape index (κ3) is 12.5. The molecule has 4 aromatic rings. The van der Waals surface area contributed by atoms with Crippen molar-refractivity contribution in [3.05, 3.63) is 107 Å². The number of carbonyl (C=O) groups is 7. The lowest BCUT2D eigenvalue weighted by Gasteiger charge is -2.24. The molecular formula is C60H66N8O12. The van der Waals surface area contributed by atoms with Crippen molar-refractivity contribution in [3.8, 4) is 28.7 Å². The van der Waals surface area contributed by atoms with Crippen molar-refractivity contribution in [2.24, 2.45) is 15.9 Å². The van der Waals surface area contributed by atoms with Crippen molar-refractivity contribution in [2.75, 3.05) is 46.4 Å². The molecule has 1 fully saturated rings. The molecule has 0 aliphatic carbocycles. The number of methoxy groups -OCH3 is 3. The fourth-order valence-corrected chi connectivity index (χ4v) is 10.1. The average molecular weight is 1090 g/mol. The smallest absolute Gasteiger partial charge is 0.260 e. The first-order valence-electron chi connectivity index (χ1n) is 27.0. The van der Waals surface area contributed by atoms with E-state index >= 15 is 0 Å². The Bertz CT molecular complexity index is 3170. The number of unbranched alkanes of at least 4 members (excludes halogenated alkanes) is 2. The molecule has 3 N–H and O–H groups in total. The molecule has 1 saturated heterocycles. The molecule has 7 amide bonds. The quantitative estimate of drug-likeness (QED) is 0.0477. The van der Waals surface area contributed by atoms with Gasteiger partial charge in [-0.25, -0.2) is 0 Å². The van der Waals surface area contributed by atoms with Crippen molar-refractivity contribution >= 4 is 82.0 Å². The van der Waals surface area contributed by atoms with Crippen LogP contribution in [0.25, 0.3) is 11.1 Å². The number of imide groups is 1. The van der Waals surface area contributed by atoms with Crippen LogP contribution in [0.15, 0.2) is 95.2 Å². The van der Waals surface area contributed by atoms with Gasteiger partial charge in [-0.05, 0) is 84.4 Å². The van der Waals surface area contributed by atoms with E-state index in [1.807, 2.05) is 48.8 Å². The van der Waals surface area contributed by atoms with Gasteiger partial charge in [-0.2, -0.15) is 0 Å². The summed E-state index contributed by atoms with van der Waals surface area (Å²) < 4.78 is 29.0. The molecule has 0 bridgehead atoms. The SMILES string of the molecule is COc1ccc(C2=CN3C(=O)c4cc(OC)c(OCCCOc5cc6c(cc5OC)C(=O)N5C=C(c7ccc(NC(=O)[C@H](C)NC(=O)[C@@H](NC(=O)CCCCCN8C(=O)CCC8=O)C(C)C)cc7)C[C@H]5C=N6)cc4N=CC3C2)cc1. The molecule has 20 nitrogen and oxygen atoms in total. The maximum atomic E-state index is 14.1. The van der Waals surface area contributed by atoms with E-state index in [9.17, 15) is 33.6 Å². The minimum Gasteiger partial charge on any atom is -0.497 e. The molecule has 4 aromatic carbocycles. The Kier molecular flexibility index (Phi) is 17.4. The first kappa shape index (κ1) is 55.9. The Balaban J connectivity index is 0.739. The highest BCUT2D eigenvalue weighted by atomic mass is 16.5. The average Bonchev–Trinajstić information content (AvgIpc) is 4.15. The molecule has 5 aliphatic rings. The Morgan fingerprint density at radius 1 is 0.613 bits per heavy atom. The van der Waals surface area contributed by atoms with Gasteiger partial charge in [0.15, 0.2) is 23.0 Å². The van der Waals surface area contributed by atoms with Crippen LogP contribution in [-0.2, 0) is 24.0 Å². The van der Waals surface area contributed by atoms with Crippen LogP contribution in [0.1, 0.15) is 110 Å². The summed E-state index contributed by atoms with van der Waals surface area (Å²) in [5, 5.41) is 8.36. The van der Waals surface area contributed by atoms with Gasteiger partial charge in [0.2, 0.25) is 29.5 Å². The summed E-state index contributed by atoms with van der Waals surface area (Å²) in [6.45, 7) is 6.02. The van der Waals surface area contributed by atoms with Crippen LogP contribution < -0.4 is 39.6 Å². The zero-order chi connectivity index (χ0) is 56.6. The molecule has 0 spiro atoms. The summed E-state index contributed by atoms with van der Waals surface area (Å²) >= 11 is 0. The van der Waals surface area contributed by atoms with Gasteiger partial charge in [0, 0.05) is 87.7 Å². The largest absolute Gasteiger partial charge is 0.497 e. The van der Waals surface area contributed by atoms with E-state index in [-0.39, 0.29) is 80.0 Å². The van der Waals surface area contributed by atoms with Gasteiger partial charge in [0.25, 0.3) is 11.8 Å². The maximum Gasteiger partial charge on any atom is 0.260 e. The van der Waals surface area contributed by atoms with Gasteiger partial charge < -0.3 is 49.4 Å². The van der Waals surface area contributed by atoms with Crippen LogP contribution in [0.2, 0.25) is 0 Å². The zero-order valence-corrected chi connectivity index (χ0v) is 45.7. The number of nitrogens with zero attached hydrogens (tertiary/aromatic N) is 5. The molecule has 1 unspecified atom stereocenters. The Hall–Kier alpha value is -8.81. The molecule has 80 heavy (non-hydrogen) atoms. The summed E-state index contributed by atoms with van der Waals surface area (Å²) in [5.74, 6) is 0.129. The number of hydrogen-bond donors (Lipinski definition) is 3. The van der Waals surface area contributed by atoms with Gasteiger partial charge in [-0.15, -0.1) is 0 Å². The zero-order valence-electron chi connectivity index (χ0n) is 45.7. The lowest BCUT2D eigenvalue weighted by Crippen LogP contribution is -2.53. The third-order valence-corrected chi connectivity index (χ3v) is 14.7. The van der Waals surface area contributed by atoms with E-state index in [4.69, 9.17) is 33.7 Å². The van der Waals surface area contributed by atoms with Crippen molar-refractivity contribution in [1.82, 2.24) is 25.3 Å². The number of fused-ring (bicyclic) bond motifs is 4. The van der Waals surface area contributed by atoms with E-state index < -0.39 is 23.9 Å². The van der Waals surface area contributed by atoms with Crippen LogP contribution >= 0.6 is 0 Å². The number of benzene rings is 4. The van der Waals surface area contributed by atoms with Gasteiger partial charge in [0.05, 0.1) is 69.1 Å². The normalized spacial score (nSPS) is 17.8. The monoisotopic (exact) mass is 1090 g/mol. The van der Waals surface area contributed by atoms with Gasteiger partial charge in [-0.1, -0.05) is 44.5 Å². The van der Waals surface area contributed by atoms with Crippen LogP contribution in [0.4, 0.5) is 17.1 Å². The lowest BCUT2D eigenvalue weighted by molar-refractivity contribution is -0.138. The summed E-state index contributed by atoms with van der Waals surface area (Å²) in [4.78, 5) is 105. The molecular weight excluding hydrogens is 1020 g/mol. The molecule has 0 radical (unpaired) electrons. The molecule has 5 aliphatic heterocycles. The molecule has 0 aromatic heterocycles. The summed E-state index contributed by atoms with van der Waals surface area (Å²) in [5.41, 5.74) is 5.96. The van der Waals surface area contributed by atoms with Crippen molar-refractivity contribution in [3.63, 3.8) is 0 Å². The summed E-state index contributed by atoms with van der Waals surface area (Å²) in [6, 6.07) is 19.3. The third-order valence-electron chi connectivity index (χ3n) is 14.7. The number of aliphatic imine (C=N–C) groups is 2. The molecule has 0 saturated carbocycles. The Labute approximate surface area is 464 Å². The Morgan fingerprint density at radius 2 is 1.14 bits per heavy atom. The first-order chi connectivity index (χ1) is 38.6. The summed E-state index contributed by atoms with van der Waals surface area (Å²) in [6.07, 6.45) is 11.3. The molecule has 4 atom stereocenters. The second kappa shape index (κ2) is 24.9. The number of hydrogen-bond acceptors (Lipinski definition) is 14. The predicted octanol–water partition coefficient (Wildman–Crippen LogP) is 7.80. The highest BCUT2D eigenvalue weighted by Crippen LogP contribution is 2.42. The first-order valence-corrected chi connectivity index (χ1v) is 27.0. The van der Waals surface area contributed by atoms with Crippen LogP contribution in [0.3, 0.4) is 0 Å². The van der Waals surface area contributed by atoms with E-state index in [1.165, 1.54) is 19.1 Å². The molecule has 9 rings (SSSR count). The maximum absolute atomic E-state index is 14.1. The molecule has 5 heterocycles. The van der Waals surface area contributed by atoms with Crippen molar-refractivity contribution in [1.29, 1.82) is 0 Å². The van der Waals surface area contributed by atoms with Gasteiger partial charge in [0.1, 0.15) is 17.8 Å². The van der Waals surface area contributed by atoms with Gasteiger partial charge >= 0.3 is 0 Å². The second-order valence-electron chi connectivity index (χ2n) is 20.5. The highest BCUT2D eigenvalue weighted by molar-refractivity contribution is 6.07. The Morgan fingerprint density at radius 3 is 1.64 bits per heavy atom. The number of ether oxygens (including phenoxy) is 5. The van der Waals surface area contributed by atoms with Crippen molar-refractivity contribution < 1.29 is 57.2 Å². The van der Waals surface area contributed by atoms with Crippen LogP contribution in [-0.4, -0.2) is 134 Å². The second-order valence-corrected chi connectivity index (χ2v) is 20.5. The topological polar surface area (TPSA) is 236 Å². The number of likely N-dealkylation sites (tertiary alicyclic amines) is 1.